The summed E-state index contributed by atoms with van der Waals surface area (Å²) in [4.78, 5) is 13.8. The smallest absolute Gasteiger partial charge is 0.166 e. The van der Waals surface area contributed by atoms with Crippen molar-refractivity contribution in [3.63, 3.8) is 0 Å². The molecule has 0 aromatic carbocycles. The summed E-state index contributed by atoms with van der Waals surface area (Å²) in [6, 6.07) is 3.91. The molecular weight excluding hydrogens is 390 g/mol. The largest absolute Gasteiger partial charge is 0.356 e. The molecule has 0 aliphatic carbocycles. The third kappa shape index (κ3) is 18.3. The molecule has 1 aromatic heterocycles. The third-order valence-electron chi connectivity index (χ3n) is 6.60. The maximum absolute atomic E-state index is 10.7. The van der Waals surface area contributed by atoms with Crippen molar-refractivity contribution in [1.82, 2.24) is 4.98 Å². The number of aldehydes is 1. The summed E-state index contributed by atoms with van der Waals surface area (Å²) >= 11 is 0. The average molecular weight is 444 g/mol. The highest BCUT2D eigenvalue weighted by atomic mass is 16.1. The quantitative estimate of drug-likeness (QED) is 0.0961. The Morgan fingerprint density at radius 3 is 1.47 bits per heavy atom. The molecule has 0 amide bonds. The van der Waals surface area contributed by atoms with E-state index in [1.54, 1.807) is 0 Å². The van der Waals surface area contributed by atoms with Crippen LogP contribution in [0.15, 0.2) is 24.3 Å². The Kier molecular flexibility index (Phi) is 20.5. The lowest BCUT2D eigenvalue weighted by molar-refractivity contribution is 0.111. The summed E-state index contributed by atoms with van der Waals surface area (Å²) in [5, 5.41) is 0. The molecule has 1 rings (SSSR count). The van der Waals surface area contributed by atoms with Crippen molar-refractivity contribution in [2.75, 3.05) is 0 Å². The number of aromatic amines is 1. The van der Waals surface area contributed by atoms with E-state index >= 15 is 0 Å². The van der Waals surface area contributed by atoms with Gasteiger partial charge >= 0.3 is 0 Å². The summed E-state index contributed by atoms with van der Waals surface area (Å²) in [5.41, 5.74) is 1.90. The molecule has 32 heavy (non-hydrogen) atoms. The van der Waals surface area contributed by atoms with Gasteiger partial charge in [-0.05, 0) is 50.7 Å². The fourth-order valence-corrected chi connectivity index (χ4v) is 4.47. The molecule has 1 N–H and O–H groups in total. The van der Waals surface area contributed by atoms with Crippen LogP contribution < -0.4 is 0 Å². The predicted octanol–water partition coefficient (Wildman–Crippen LogP) is 10.1. The first-order valence-corrected chi connectivity index (χ1v) is 14.1. The number of carbonyl (C=O) groups excluding carboxylic acids is 1. The molecule has 0 radical (unpaired) electrons. The molecule has 2 heteroatoms. The fourth-order valence-electron chi connectivity index (χ4n) is 4.47. The van der Waals surface area contributed by atoms with Gasteiger partial charge in [-0.2, -0.15) is 0 Å². The van der Waals surface area contributed by atoms with E-state index in [-0.39, 0.29) is 0 Å². The van der Waals surface area contributed by atoms with Gasteiger partial charge in [0.25, 0.3) is 0 Å². The van der Waals surface area contributed by atoms with E-state index < -0.39 is 0 Å². The number of hydrogen-bond acceptors (Lipinski definition) is 1. The second kappa shape index (κ2) is 22.9. The Labute approximate surface area is 200 Å². The van der Waals surface area contributed by atoms with Crippen molar-refractivity contribution >= 4 is 6.29 Å². The first-order valence-electron chi connectivity index (χ1n) is 14.1. The molecule has 0 fully saturated rings. The van der Waals surface area contributed by atoms with Crippen molar-refractivity contribution in [1.29, 1.82) is 0 Å². The zero-order chi connectivity index (χ0) is 23.0. The lowest BCUT2D eigenvalue weighted by Gasteiger charge is -2.03. The first kappa shape index (κ1) is 28.7. The van der Waals surface area contributed by atoms with Crippen molar-refractivity contribution < 1.29 is 4.79 Å². The van der Waals surface area contributed by atoms with Gasteiger partial charge in [-0.25, -0.2) is 0 Å². The average Bonchev–Trinajstić information content (AvgIpc) is 3.27. The molecule has 1 aromatic rings. The first-order chi connectivity index (χ1) is 15.9. The van der Waals surface area contributed by atoms with Crippen LogP contribution in [0.25, 0.3) is 0 Å². The zero-order valence-corrected chi connectivity index (χ0v) is 21.4. The number of hydrogen-bond donors (Lipinski definition) is 1. The van der Waals surface area contributed by atoms with Gasteiger partial charge in [-0.3, -0.25) is 4.79 Å². The monoisotopic (exact) mass is 443 g/mol. The van der Waals surface area contributed by atoms with Crippen molar-refractivity contribution in [3.8, 4) is 0 Å². The molecule has 0 aliphatic rings. The molecule has 0 saturated heterocycles. The van der Waals surface area contributed by atoms with Crippen LogP contribution in [-0.4, -0.2) is 11.3 Å². The van der Waals surface area contributed by atoms with Gasteiger partial charge in [0.05, 0.1) is 5.69 Å². The van der Waals surface area contributed by atoms with Gasteiger partial charge < -0.3 is 4.98 Å². The van der Waals surface area contributed by atoms with Crippen molar-refractivity contribution in [2.24, 2.45) is 0 Å². The molecule has 0 aliphatic heterocycles. The van der Waals surface area contributed by atoms with Crippen LogP contribution in [0.4, 0.5) is 0 Å². The molecular formula is C30H53NO. The van der Waals surface area contributed by atoms with Gasteiger partial charge in [0.2, 0.25) is 0 Å². The number of allylic oxidation sites excluding steroid dienone is 2. The summed E-state index contributed by atoms with van der Waals surface area (Å²) < 4.78 is 0. The number of carbonyl (C=O) groups is 1. The Balaban J connectivity index is 1.70. The van der Waals surface area contributed by atoms with E-state index in [0.29, 0.717) is 5.69 Å². The van der Waals surface area contributed by atoms with Crippen LogP contribution in [0.2, 0.25) is 0 Å². The summed E-state index contributed by atoms with van der Waals surface area (Å²) in [5.74, 6) is 0. The van der Waals surface area contributed by atoms with Crippen molar-refractivity contribution in [3.05, 3.63) is 35.7 Å². The lowest BCUT2D eigenvalue weighted by Crippen LogP contribution is -1.88. The molecule has 0 unspecified atom stereocenters. The van der Waals surface area contributed by atoms with Crippen LogP contribution in [0, 0.1) is 0 Å². The van der Waals surface area contributed by atoms with Crippen molar-refractivity contribution in [2.45, 2.75) is 148 Å². The second-order valence-corrected chi connectivity index (χ2v) is 9.72. The second-order valence-electron chi connectivity index (χ2n) is 9.72. The predicted molar refractivity (Wildman–Crippen MR) is 142 cm³/mol. The molecule has 0 saturated carbocycles. The Bertz CT molecular complexity index is 545. The van der Waals surface area contributed by atoms with Crippen LogP contribution in [0.3, 0.4) is 0 Å². The standard InChI is InChI=1S/C30H53NO/c1-2-3-4-5-6-7-8-9-10-11-12-13-14-15-16-17-18-19-20-21-22-23-24-25-29-26-27-30(28-32)31-29/h7-8,26-28,31H,2-6,9-25H2,1H3/b8-7-. The zero-order valence-electron chi connectivity index (χ0n) is 21.4. The number of aryl methyl sites for hydroxylation is 1. The number of H-pyrrole nitrogens is 1. The van der Waals surface area contributed by atoms with E-state index in [4.69, 9.17) is 0 Å². The van der Waals surface area contributed by atoms with Crippen LogP contribution in [-0.2, 0) is 6.42 Å². The minimum absolute atomic E-state index is 0.701. The molecule has 2 nitrogen and oxygen atoms in total. The van der Waals surface area contributed by atoms with Gasteiger partial charge in [-0.1, -0.05) is 122 Å². The molecule has 1 heterocycles. The summed E-state index contributed by atoms with van der Waals surface area (Å²) in [6.07, 6.45) is 35.9. The Morgan fingerprint density at radius 1 is 0.594 bits per heavy atom. The van der Waals surface area contributed by atoms with Gasteiger partial charge in [0.15, 0.2) is 6.29 Å². The lowest BCUT2D eigenvalue weighted by atomic mass is 10.0. The topological polar surface area (TPSA) is 32.9 Å². The minimum atomic E-state index is 0.701. The fraction of sp³-hybridized carbons (Fsp3) is 0.767. The SMILES string of the molecule is CCCCCC/C=C\CCCCCCCCCCCCCCCCCc1ccc(C=O)[nH]1. The maximum atomic E-state index is 10.7. The number of unbranched alkanes of at least 4 members (excludes halogenated alkanes) is 19. The maximum Gasteiger partial charge on any atom is 0.166 e. The van der Waals surface area contributed by atoms with E-state index in [1.165, 1.54) is 141 Å². The van der Waals surface area contributed by atoms with E-state index in [9.17, 15) is 4.79 Å². The Morgan fingerprint density at radius 2 is 1.03 bits per heavy atom. The van der Waals surface area contributed by atoms with Gasteiger partial charge in [-0.15, -0.1) is 0 Å². The summed E-state index contributed by atoms with van der Waals surface area (Å²) in [7, 11) is 0. The molecule has 0 spiro atoms. The van der Waals surface area contributed by atoms with E-state index in [1.807, 2.05) is 12.1 Å². The number of rotatable bonds is 24. The van der Waals surface area contributed by atoms with Gasteiger partial charge in [0.1, 0.15) is 0 Å². The Hall–Kier alpha value is -1.31. The molecule has 0 bridgehead atoms. The summed E-state index contributed by atoms with van der Waals surface area (Å²) in [6.45, 7) is 2.28. The number of nitrogens with one attached hydrogen (secondary N) is 1. The molecule has 0 atom stereocenters. The molecule has 184 valence electrons. The highest BCUT2D eigenvalue weighted by molar-refractivity contribution is 5.71. The van der Waals surface area contributed by atoms with Crippen LogP contribution >= 0.6 is 0 Å². The van der Waals surface area contributed by atoms with Crippen LogP contribution in [0.1, 0.15) is 158 Å². The normalized spacial score (nSPS) is 11.5. The number of aromatic nitrogens is 1. The van der Waals surface area contributed by atoms with E-state index in [0.717, 1.165) is 12.7 Å². The van der Waals surface area contributed by atoms with Crippen LogP contribution in [0.5, 0.6) is 0 Å². The highest BCUT2D eigenvalue weighted by Crippen LogP contribution is 2.14. The van der Waals surface area contributed by atoms with E-state index in [2.05, 4.69) is 24.1 Å². The highest BCUT2D eigenvalue weighted by Gasteiger charge is 1.98. The minimum Gasteiger partial charge on any atom is -0.356 e. The van der Waals surface area contributed by atoms with Gasteiger partial charge in [0, 0.05) is 5.69 Å². The third-order valence-corrected chi connectivity index (χ3v) is 6.60.